The summed E-state index contributed by atoms with van der Waals surface area (Å²) in [4.78, 5) is 18.0. The molecule has 0 fully saturated rings. The first kappa shape index (κ1) is 15.1. The van der Waals surface area contributed by atoms with Crippen molar-refractivity contribution in [1.82, 2.24) is 10.2 Å². The van der Waals surface area contributed by atoms with E-state index in [1.807, 2.05) is 20.8 Å². The number of amides is 1. The summed E-state index contributed by atoms with van der Waals surface area (Å²) in [7, 11) is 0. The van der Waals surface area contributed by atoms with Crippen LogP contribution >= 0.6 is 11.8 Å². The number of nitrogens with zero attached hydrogens (tertiary/aromatic N) is 2. The summed E-state index contributed by atoms with van der Waals surface area (Å²) in [6.45, 7) is 8.29. The largest absolute Gasteiger partial charge is 0.444 e. The summed E-state index contributed by atoms with van der Waals surface area (Å²) in [6, 6.07) is 0. The minimum absolute atomic E-state index is 0.262. The molecule has 6 heteroatoms. The number of carbonyl (C=O) groups excluding carboxylic acids is 1. The van der Waals surface area contributed by atoms with E-state index < -0.39 is 5.60 Å². The van der Waals surface area contributed by atoms with Gasteiger partial charge in [-0.05, 0) is 27.0 Å². The molecule has 0 unspecified atom stereocenters. The Morgan fingerprint density at radius 1 is 1.56 bits per heavy atom. The Labute approximate surface area is 113 Å². The van der Waals surface area contributed by atoms with Crippen LogP contribution < -0.4 is 5.32 Å². The number of ether oxygens (including phenoxy) is 1. The van der Waals surface area contributed by atoms with E-state index >= 15 is 0 Å². The van der Waals surface area contributed by atoms with Crippen LogP contribution in [0.5, 0.6) is 0 Å². The van der Waals surface area contributed by atoms with Crippen LogP contribution in [0.3, 0.4) is 0 Å². The molecule has 1 aliphatic heterocycles. The van der Waals surface area contributed by atoms with Crippen LogP contribution in [0.15, 0.2) is 4.99 Å². The fraction of sp³-hybridized carbons (Fsp3) is 0.833. The Morgan fingerprint density at radius 3 is 2.89 bits per heavy atom. The molecule has 0 aromatic rings. The average molecular weight is 273 g/mol. The van der Waals surface area contributed by atoms with Crippen molar-refractivity contribution in [3.63, 3.8) is 0 Å². The highest BCUT2D eigenvalue weighted by Crippen LogP contribution is 2.10. The van der Waals surface area contributed by atoms with Crippen molar-refractivity contribution < 1.29 is 9.53 Å². The molecule has 0 atom stereocenters. The topological polar surface area (TPSA) is 53.9 Å². The second kappa shape index (κ2) is 6.87. The molecule has 0 aromatic carbocycles. The number of hydrogen-bond acceptors (Lipinski definition) is 5. The minimum atomic E-state index is -0.446. The van der Waals surface area contributed by atoms with Gasteiger partial charge in [0.2, 0.25) is 0 Å². The molecule has 1 aliphatic rings. The lowest BCUT2D eigenvalue weighted by atomic mass is 10.2. The molecule has 0 aromatic heterocycles. The lowest BCUT2D eigenvalue weighted by Crippen LogP contribution is -2.47. The molecular formula is C12H23N3O2S. The van der Waals surface area contributed by atoms with Crippen LogP contribution in [-0.4, -0.2) is 60.6 Å². The highest BCUT2D eigenvalue weighted by atomic mass is 32.2. The fourth-order valence-corrected chi connectivity index (χ4v) is 1.81. The number of rotatable bonds is 3. The number of nitrogens with one attached hydrogen (secondary N) is 1. The van der Waals surface area contributed by atoms with Gasteiger partial charge in [0.15, 0.2) is 0 Å². The predicted molar refractivity (Wildman–Crippen MR) is 76.5 cm³/mol. The quantitative estimate of drug-likeness (QED) is 0.793. The van der Waals surface area contributed by atoms with Crippen molar-refractivity contribution >= 4 is 23.7 Å². The van der Waals surface area contributed by atoms with Crippen molar-refractivity contribution in [2.75, 3.05) is 38.2 Å². The van der Waals surface area contributed by atoms with Gasteiger partial charge in [0, 0.05) is 18.8 Å². The molecular weight excluding hydrogens is 250 g/mol. The molecule has 5 nitrogen and oxygen atoms in total. The summed E-state index contributed by atoms with van der Waals surface area (Å²) < 4.78 is 5.35. The summed E-state index contributed by atoms with van der Waals surface area (Å²) in [5.74, 6) is 1.91. The van der Waals surface area contributed by atoms with Gasteiger partial charge in [-0.3, -0.25) is 9.89 Å². The van der Waals surface area contributed by atoms with Gasteiger partial charge in [-0.2, -0.15) is 11.8 Å². The monoisotopic (exact) mass is 273 g/mol. The maximum Gasteiger partial charge on any atom is 0.410 e. The van der Waals surface area contributed by atoms with Crippen LogP contribution in [0.25, 0.3) is 0 Å². The molecule has 0 aliphatic carbocycles. The van der Waals surface area contributed by atoms with Gasteiger partial charge in [-0.25, -0.2) is 4.79 Å². The molecule has 0 bridgehead atoms. The number of amidine groups is 1. The summed E-state index contributed by atoms with van der Waals surface area (Å²) in [5.41, 5.74) is -0.446. The Bertz CT molecular complexity index is 313. The molecule has 0 saturated carbocycles. The van der Waals surface area contributed by atoms with Crippen molar-refractivity contribution in [3.8, 4) is 0 Å². The molecule has 0 radical (unpaired) electrons. The third kappa shape index (κ3) is 5.62. The Morgan fingerprint density at radius 2 is 2.28 bits per heavy atom. The Kier molecular flexibility index (Phi) is 5.78. The van der Waals surface area contributed by atoms with Crippen LogP contribution in [0.1, 0.15) is 20.8 Å². The highest BCUT2D eigenvalue weighted by molar-refractivity contribution is 7.98. The van der Waals surface area contributed by atoms with E-state index in [1.54, 1.807) is 16.7 Å². The molecule has 1 rings (SSSR count). The zero-order valence-electron chi connectivity index (χ0n) is 11.7. The minimum Gasteiger partial charge on any atom is -0.444 e. The highest BCUT2D eigenvalue weighted by Gasteiger charge is 2.24. The first-order chi connectivity index (χ1) is 8.42. The first-order valence-electron chi connectivity index (χ1n) is 6.16. The maximum absolute atomic E-state index is 11.9. The van der Waals surface area contributed by atoms with Gasteiger partial charge in [0.25, 0.3) is 0 Å². The van der Waals surface area contributed by atoms with Crippen molar-refractivity contribution in [3.05, 3.63) is 0 Å². The number of hydrogen-bond donors (Lipinski definition) is 1. The van der Waals surface area contributed by atoms with Crippen molar-refractivity contribution in [2.45, 2.75) is 26.4 Å². The Hall–Kier alpha value is -0.910. The average Bonchev–Trinajstić information content (AvgIpc) is 2.27. The fourth-order valence-electron chi connectivity index (χ4n) is 1.51. The zero-order chi connectivity index (χ0) is 13.6. The smallest absolute Gasteiger partial charge is 0.410 e. The number of aliphatic imine (C=N–C) groups is 1. The van der Waals surface area contributed by atoms with Gasteiger partial charge in [0.1, 0.15) is 11.4 Å². The summed E-state index contributed by atoms with van der Waals surface area (Å²) >= 11 is 1.78. The SMILES string of the molecule is CSCCNC1=NCCN(C(=O)OC(C)(C)C)C1. The van der Waals surface area contributed by atoms with E-state index in [0.29, 0.717) is 19.6 Å². The van der Waals surface area contributed by atoms with Crippen molar-refractivity contribution in [2.24, 2.45) is 4.99 Å². The molecule has 104 valence electrons. The molecule has 0 saturated heterocycles. The first-order valence-corrected chi connectivity index (χ1v) is 7.56. The van der Waals surface area contributed by atoms with Gasteiger partial charge in [-0.1, -0.05) is 0 Å². The lowest BCUT2D eigenvalue weighted by molar-refractivity contribution is 0.0276. The van der Waals surface area contributed by atoms with E-state index in [1.165, 1.54) is 0 Å². The second-order valence-electron chi connectivity index (χ2n) is 5.15. The van der Waals surface area contributed by atoms with Gasteiger partial charge < -0.3 is 10.1 Å². The molecule has 1 heterocycles. The predicted octanol–water partition coefficient (Wildman–Crippen LogP) is 1.59. The Balaban J connectivity index is 2.41. The number of thioether (sulfide) groups is 1. The summed E-state index contributed by atoms with van der Waals surface area (Å²) in [5, 5.41) is 3.25. The number of carbonyl (C=O) groups is 1. The molecule has 1 amide bonds. The van der Waals surface area contributed by atoms with Gasteiger partial charge in [0.05, 0.1) is 13.1 Å². The van der Waals surface area contributed by atoms with Crippen LogP contribution in [-0.2, 0) is 4.74 Å². The van der Waals surface area contributed by atoms with E-state index in [2.05, 4.69) is 16.6 Å². The van der Waals surface area contributed by atoms with Crippen molar-refractivity contribution in [1.29, 1.82) is 0 Å². The molecule has 18 heavy (non-hydrogen) atoms. The van der Waals surface area contributed by atoms with Crippen LogP contribution in [0.4, 0.5) is 4.79 Å². The van der Waals surface area contributed by atoms with E-state index in [-0.39, 0.29) is 6.09 Å². The molecule has 1 N–H and O–H groups in total. The third-order valence-corrected chi connectivity index (χ3v) is 2.91. The lowest BCUT2D eigenvalue weighted by Gasteiger charge is -2.29. The molecule has 0 spiro atoms. The second-order valence-corrected chi connectivity index (χ2v) is 6.14. The van der Waals surface area contributed by atoms with E-state index in [4.69, 9.17) is 4.74 Å². The standard InChI is InChI=1S/C12H23N3O2S/c1-12(2,3)17-11(16)15-7-5-13-10(9-15)14-6-8-18-4/h5-9H2,1-4H3,(H,13,14). The third-order valence-electron chi connectivity index (χ3n) is 2.30. The summed E-state index contributed by atoms with van der Waals surface area (Å²) in [6.07, 6.45) is 1.80. The van der Waals surface area contributed by atoms with Gasteiger partial charge >= 0.3 is 6.09 Å². The van der Waals surface area contributed by atoms with Crippen LogP contribution in [0.2, 0.25) is 0 Å². The van der Waals surface area contributed by atoms with E-state index in [9.17, 15) is 4.79 Å². The van der Waals surface area contributed by atoms with Gasteiger partial charge in [-0.15, -0.1) is 0 Å². The maximum atomic E-state index is 11.9. The zero-order valence-corrected chi connectivity index (χ0v) is 12.5. The normalized spacial score (nSPS) is 16.2. The van der Waals surface area contributed by atoms with E-state index in [0.717, 1.165) is 18.1 Å². The van der Waals surface area contributed by atoms with Crippen LogP contribution in [0, 0.1) is 0 Å².